The summed E-state index contributed by atoms with van der Waals surface area (Å²) in [7, 11) is 0. The van der Waals surface area contributed by atoms with Gasteiger partial charge in [0.25, 0.3) is 0 Å². The standard InChI is InChI=1S/C13H18ClN5S/c1-3-8-15-13(20)19-16-9-10(2)17-18-12-6-4-11(14)5-7-12/h4-7,9,18H,3,8H2,1-2H3,(H2,15,19,20)/b16-9-,17-10-. The SMILES string of the molecule is CCCNC(=S)N/N=C\C(C)=N/Nc1ccc(Cl)cc1. The number of hydrogen-bond acceptors (Lipinski definition) is 4. The maximum Gasteiger partial charge on any atom is 0.186 e. The van der Waals surface area contributed by atoms with Crippen LogP contribution in [-0.2, 0) is 0 Å². The molecule has 0 heterocycles. The van der Waals surface area contributed by atoms with E-state index in [0.717, 1.165) is 18.7 Å². The molecule has 1 rings (SSSR count). The molecule has 0 aliphatic carbocycles. The first kappa shape index (κ1) is 16.4. The normalized spacial score (nSPS) is 11.4. The predicted octanol–water partition coefficient (Wildman–Crippen LogP) is 2.99. The molecular weight excluding hydrogens is 294 g/mol. The molecule has 20 heavy (non-hydrogen) atoms. The van der Waals surface area contributed by atoms with Gasteiger partial charge in [0.1, 0.15) is 0 Å². The van der Waals surface area contributed by atoms with Crippen LogP contribution in [0.2, 0.25) is 5.02 Å². The van der Waals surface area contributed by atoms with Crippen molar-refractivity contribution in [1.29, 1.82) is 0 Å². The number of nitrogens with one attached hydrogen (secondary N) is 3. The Morgan fingerprint density at radius 3 is 2.70 bits per heavy atom. The number of thiocarbonyl (C=S) groups is 1. The molecule has 1 aromatic rings. The summed E-state index contributed by atoms with van der Waals surface area (Å²) in [5.41, 5.74) is 7.19. The van der Waals surface area contributed by atoms with Gasteiger partial charge in [-0.05, 0) is 49.8 Å². The van der Waals surface area contributed by atoms with Crippen LogP contribution in [0.1, 0.15) is 20.3 Å². The summed E-state index contributed by atoms with van der Waals surface area (Å²) < 4.78 is 0. The lowest BCUT2D eigenvalue weighted by molar-refractivity contribution is 0.817. The lowest BCUT2D eigenvalue weighted by Gasteiger charge is -2.04. The van der Waals surface area contributed by atoms with Crippen molar-refractivity contribution in [3.8, 4) is 0 Å². The molecule has 5 nitrogen and oxygen atoms in total. The van der Waals surface area contributed by atoms with E-state index in [-0.39, 0.29) is 0 Å². The Bertz CT molecular complexity index is 484. The van der Waals surface area contributed by atoms with Crippen LogP contribution in [0.3, 0.4) is 0 Å². The molecule has 0 aliphatic heterocycles. The first-order valence-electron chi connectivity index (χ1n) is 6.24. The average molecular weight is 312 g/mol. The number of rotatable bonds is 6. The Morgan fingerprint density at radius 1 is 1.35 bits per heavy atom. The average Bonchev–Trinajstić information content (AvgIpc) is 2.44. The first-order valence-corrected chi connectivity index (χ1v) is 7.03. The van der Waals surface area contributed by atoms with Gasteiger partial charge in [-0.2, -0.15) is 10.2 Å². The Labute approximate surface area is 129 Å². The number of nitrogens with zero attached hydrogens (tertiary/aromatic N) is 2. The smallest absolute Gasteiger partial charge is 0.186 e. The van der Waals surface area contributed by atoms with Gasteiger partial charge in [-0.25, -0.2) is 0 Å². The summed E-state index contributed by atoms with van der Waals surface area (Å²) in [5, 5.41) is 12.3. The quantitative estimate of drug-likeness (QED) is 0.429. The van der Waals surface area contributed by atoms with Crippen LogP contribution in [0.15, 0.2) is 34.5 Å². The van der Waals surface area contributed by atoms with Crippen LogP contribution in [0.25, 0.3) is 0 Å². The zero-order chi connectivity index (χ0) is 14.8. The second-order valence-electron chi connectivity index (χ2n) is 4.00. The van der Waals surface area contributed by atoms with Crippen molar-refractivity contribution in [2.24, 2.45) is 10.2 Å². The van der Waals surface area contributed by atoms with E-state index in [1.54, 1.807) is 18.3 Å². The molecule has 0 saturated heterocycles. The Morgan fingerprint density at radius 2 is 2.05 bits per heavy atom. The van der Waals surface area contributed by atoms with E-state index in [0.29, 0.717) is 15.8 Å². The van der Waals surface area contributed by atoms with Gasteiger partial charge >= 0.3 is 0 Å². The fourth-order valence-electron chi connectivity index (χ4n) is 1.17. The molecule has 3 N–H and O–H groups in total. The molecule has 0 amide bonds. The maximum absolute atomic E-state index is 5.80. The van der Waals surface area contributed by atoms with E-state index in [1.165, 1.54) is 0 Å². The van der Waals surface area contributed by atoms with Crippen molar-refractivity contribution >= 4 is 46.5 Å². The van der Waals surface area contributed by atoms with E-state index in [4.69, 9.17) is 23.8 Å². The van der Waals surface area contributed by atoms with E-state index >= 15 is 0 Å². The number of anilines is 1. The lowest BCUT2D eigenvalue weighted by atomic mass is 10.3. The molecule has 7 heteroatoms. The van der Waals surface area contributed by atoms with E-state index < -0.39 is 0 Å². The third kappa shape index (κ3) is 7.06. The molecular formula is C13H18ClN5S. The van der Waals surface area contributed by atoms with Crippen LogP contribution in [-0.4, -0.2) is 23.6 Å². The molecule has 0 spiro atoms. The highest BCUT2D eigenvalue weighted by Gasteiger charge is 1.92. The summed E-state index contributed by atoms with van der Waals surface area (Å²) in [5.74, 6) is 0. The monoisotopic (exact) mass is 311 g/mol. The maximum atomic E-state index is 5.80. The topological polar surface area (TPSA) is 60.8 Å². The van der Waals surface area contributed by atoms with Crippen molar-refractivity contribution < 1.29 is 0 Å². The zero-order valence-corrected chi connectivity index (χ0v) is 13.1. The third-order valence-corrected chi connectivity index (χ3v) is 2.65. The van der Waals surface area contributed by atoms with E-state index in [9.17, 15) is 0 Å². The van der Waals surface area contributed by atoms with Crippen LogP contribution in [0.4, 0.5) is 5.69 Å². The van der Waals surface area contributed by atoms with Gasteiger partial charge in [-0.1, -0.05) is 18.5 Å². The van der Waals surface area contributed by atoms with Gasteiger partial charge in [0, 0.05) is 11.6 Å². The lowest BCUT2D eigenvalue weighted by Crippen LogP contribution is -2.32. The van der Waals surface area contributed by atoms with Gasteiger partial charge in [-0.15, -0.1) is 0 Å². The number of benzene rings is 1. The van der Waals surface area contributed by atoms with Gasteiger partial charge in [-0.3, -0.25) is 10.9 Å². The molecule has 0 radical (unpaired) electrons. The van der Waals surface area contributed by atoms with Gasteiger partial charge in [0.15, 0.2) is 5.11 Å². The van der Waals surface area contributed by atoms with Gasteiger partial charge in [0.2, 0.25) is 0 Å². The minimum Gasteiger partial charge on any atom is -0.361 e. The van der Waals surface area contributed by atoms with Crippen molar-refractivity contribution in [2.45, 2.75) is 20.3 Å². The zero-order valence-electron chi connectivity index (χ0n) is 11.5. The minimum atomic E-state index is 0.501. The molecule has 108 valence electrons. The summed E-state index contributed by atoms with van der Waals surface area (Å²) in [6.45, 7) is 4.72. The summed E-state index contributed by atoms with van der Waals surface area (Å²) in [6.07, 6.45) is 2.60. The molecule has 0 fully saturated rings. The largest absolute Gasteiger partial charge is 0.361 e. The number of hydrazone groups is 2. The third-order valence-electron chi connectivity index (χ3n) is 2.16. The second kappa shape index (κ2) is 9.28. The summed E-state index contributed by atoms with van der Waals surface area (Å²) >= 11 is 10.8. The molecule has 0 aromatic heterocycles. The van der Waals surface area contributed by atoms with Crippen LogP contribution in [0.5, 0.6) is 0 Å². The van der Waals surface area contributed by atoms with Crippen molar-refractivity contribution in [2.75, 3.05) is 12.0 Å². The van der Waals surface area contributed by atoms with Crippen molar-refractivity contribution in [3.05, 3.63) is 29.3 Å². The van der Waals surface area contributed by atoms with Crippen LogP contribution in [0, 0.1) is 0 Å². The Hall–Kier alpha value is -1.66. The summed E-state index contributed by atoms with van der Waals surface area (Å²) in [4.78, 5) is 0. The number of hydrogen-bond donors (Lipinski definition) is 3. The van der Waals surface area contributed by atoms with Gasteiger partial charge < -0.3 is 5.32 Å². The summed E-state index contributed by atoms with van der Waals surface area (Å²) in [6, 6.07) is 7.28. The highest BCUT2D eigenvalue weighted by atomic mass is 35.5. The molecule has 0 unspecified atom stereocenters. The molecule has 0 saturated carbocycles. The highest BCUT2D eigenvalue weighted by molar-refractivity contribution is 7.80. The van der Waals surface area contributed by atoms with Crippen LogP contribution >= 0.6 is 23.8 Å². The first-order chi connectivity index (χ1) is 9.61. The molecule has 1 aromatic carbocycles. The van der Waals surface area contributed by atoms with Crippen LogP contribution < -0.4 is 16.2 Å². The fourth-order valence-corrected chi connectivity index (χ4v) is 1.45. The Balaban J connectivity index is 2.37. The minimum absolute atomic E-state index is 0.501. The second-order valence-corrected chi connectivity index (χ2v) is 4.84. The predicted molar refractivity (Wildman–Crippen MR) is 90.7 cm³/mol. The van der Waals surface area contributed by atoms with Crippen molar-refractivity contribution in [3.63, 3.8) is 0 Å². The fraction of sp³-hybridized carbons (Fsp3) is 0.308. The van der Waals surface area contributed by atoms with E-state index in [2.05, 4.69) is 33.3 Å². The highest BCUT2D eigenvalue weighted by Crippen LogP contribution is 2.12. The molecule has 0 atom stereocenters. The molecule has 0 bridgehead atoms. The Kier molecular flexibility index (Phi) is 7.60. The van der Waals surface area contributed by atoms with Gasteiger partial charge in [0.05, 0.1) is 17.6 Å². The number of halogens is 1. The van der Waals surface area contributed by atoms with E-state index in [1.807, 2.05) is 19.1 Å². The van der Waals surface area contributed by atoms with Crippen molar-refractivity contribution in [1.82, 2.24) is 10.7 Å². The molecule has 0 aliphatic rings.